The molecule has 0 aliphatic carbocycles. The minimum Gasteiger partial charge on any atom is -0.351 e. The van der Waals surface area contributed by atoms with Gasteiger partial charge in [0.05, 0.1) is 4.90 Å². The molecule has 5 heteroatoms. The van der Waals surface area contributed by atoms with E-state index in [9.17, 15) is 13.2 Å². The van der Waals surface area contributed by atoms with Crippen molar-refractivity contribution in [3.8, 4) is 0 Å². The Bertz CT molecular complexity index is 885. The maximum atomic E-state index is 13.1. The lowest BCUT2D eigenvalue weighted by Gasteiger charge is -2.11. The van der Waals surface area contributed by atoms with E-state index in [1.54, 1.807) is 36.4 Å². The number of benzene rings is 2. The van der Waals surface area contributed by atoms with Gasteiger partial charge in [-0.05, 0) is 37.1 Å². The number of hydrogen-bond donors (Lipinski definition) is 1. The van der Waals surface area contributed by atoms with Crippen molar-refractivity contribution in [2.24, 2.45) is 0 Å². The van der Waals surface area contributed by atoms with E-state index >= 15 is 0 Å². The number of unbranched alkanes of at least 4 members (excludes halogenated alkanes) is 4. The van der Waals surface area contributed by atoms with Crippen LogP contribution in [0.25, 0.3) is 6.08 Å². The number of aryl methyl sites for hydroxylation is 1. The third-order valence-electron chi connectivity index (χ3n) is 4.51. The molecular weight excluding hydrogens is 370 g/mol. The molecule has 0 bridgehead atoms. The maximum Gasteiger partial charge on any atom is 0.263 e. The minimum atomic E-state index is -3.92. The van der Waals surface area contributed by atoms with E-state index in [4.69, 9.17) is 0 Å². The molecule has 0 spiro atoms. The summed E-state index contributed by atoms with van der Waals surface area (Å²) in [5, 5.41) is 2.78. The number of rotatable bonds is 10. The maximum absolute atomic E-state index is 13.1. The van der Waals surface area contributed by atoms with Gasteiger partial charge in [-0.1, -0.05) is 80.6 Å². The Morgan fingerprint density at radius 3 is 2.21 bits per heavy atom. The largest absolute Gasteiger partial charge is 0.351 e. The van der Waals surface area contributed by atoms with Crippen LogP contribution in [0.3, 0.4) is 0 Å². The molecule has 0 aromatic heterocycles. The molecule has 150 valence electrons. The Balaban J connectivity index is 2.24. The van der Waals surface area contributed by atoms with Gasteiger partial charge in [0.2, 0.25) is 9.84 Å². The second-order valence-electron chi connectivity index (χ2n) is 6.91. The molecule has 0 heterocycles. The van der Waals surface area contributed by atoms with Gasteiger partial charge < -0.3 is 5.32 Å². The standard InChI is InChI=1S/C23H29NO3S/c1-3-4-5-6-10-17-24-23(25)22(18-20-11-8-7-9-12-20)28(26,27)21-15-13-19(2)14-16-21/h7-9,11-16,18H,3-6,10,17H2,1-2H3,(H,24,25)/b22-18+. The Labute approximate surface area is 168 Å². The molecule has 2 rings (SSSR count). The first-order valence-electron chi connectivity index (χ1n) is 9.82. The molecule has 28 heavy (non-hydrogen) atoms. The van der Waals surface area contributed by atoms with Crippen LogP contribution in [0.1, 0.15) is 50.2 Å². The fourth-order valence-corrected chi connectivity index (χ4v) is 4.18. The average Bonchev–Trinajstić information content (AvgIpc) is 2.69. The number of hydrogen-bond acceptors (Lipinski definition) is 3. The SMILES string of the molecule is CCCCCCCNC(=O)/C(=C\c1ccccc1)S(=O)(=O)c1ccc(C)cc1. The van der Waals surface area contributed by atoms with E-state index in [2.05, 4.69) is 12.2 Å². The monoisotopic (exact) mass is 399 g/mol. The molecule has 4 nitrogen and oxygen atoms in total. The topological polar surface area (TPSA) is 63.2 Å². The molecular formula is C23H29NO3S. The van der Waals surface area contributed by atoms with Gasteiger partial charge in [-0.25, -0.2) is 8.42 Å². The fraction of sp³-hybridized carbons (Fsp3) is 0.348. The van der Waals surface area contributed by atoms with Crippen LogP contribution in [-0.2, 0) is 14.6 Å². The van der Waals surface area contributed by atoms with E-state index in [0.717, 1.165) is 31.2 Å². The highest BCUT2D eigenvalue weighted by Gasteiger charge is 2.26. The second-order valence-corrected chi connectivity index (χ2v) is 8.82. The third-order valence-corrected chi connectivity index (χ3v) is 6.28. The summed E-state index contributed by atoms with van der Waals surface area (Å²) in [6.07, 6.45) is 6.77. The predicted molar refractivity (Wildman–Crippen MR) is 115 cm³/mol. The second kappa shape index (κ2) is 10.8. The summed E-state index contributed by atoms with van der Waals surface area (Å²) >= 11 is 0. The van der Waals surface area contributed by atoms with Crippen LogP contribution >= 0.6 is 0 Å². The number of carbonyl (C=O) groups is 1. The lowest BCUT2D eigenvalue weighted by Crippen LogP contribution is -2.29. The van der Waals surface area contributed by atoms with Crippen molar-refractivity contribution in [3.63, 3.8) is 0 Å². The van der Waals surface area contributed by atoms with Crippen LogP contribution in [0.15, 0.2) is 64.4 Å². The molecule has 0 radical (unpaired) electrons. The van der Waals surface area contributed by atoms with Crippen molar-refractivity contribution < 1.29 is 13.2 Å². The van der Waals surface area contributed by atoms with Crippen LogP contribution in [0.2, 0.25) is 0 Å². The molecule has 2 aromatic carbocycles. The Kier molecular flexibility index (Phi) is 8.45. The molecule has 0 atom stereocenters. The smallest absolute Gasteiger partial charge is 0.263 e. The number of carbonyl (C=O) groups excluding carboxylic acids is 1. The van der Waals surface area contributed by atoms with Gasteiger partial charge >= 0.3 is 0 Å². The summed E-state index contributed by atoms with van der Waals surface area (Å²) in [5.41, 5.74) is 1.63. The van der Waals surface area contributed by atoms with Gasteiger partial charge in [-0.2, -0.15) is 0 Å². The van der Waals surface area contributed by atoms with E-state index in [1.807, 2.05) is 25.1 Å². The molecule has 0 saturated heterocycles. The number of sulfone groups is 1. The first-order chi connectivity index (χ1) is 13.4. The zero-order valence-electron chi connectivity index (χ0n) is 16.6. The zero-order chi connectivity index (χ0) is 20.4. The van der Waals surface area contributed by atoms with Crippen LogP contribution in [0, 0.1) is 6.92 Å². The van der Waals surface area contributed by atoms with Gasteiger partial charge in [-0.15, -0.1) is 0 Å². The lowest BCUT2D eigenvalue weighted by atomic mass is 10.1. The van der Waals surface area contributed by atoms with Crippen LogP contribution in [-0.4, -0.2) is 20.9 Å². The summed E-state index contributed by atoms with van der Waals surface area (Å²) in [6.45, 7) is 4.51. The van der Waals surface area contributed by atoms with Gasteiger partial charge in [0.15, 0.2) is 0 Å². The van der Waals surface area contributed by atoms with Gasteiger partial charge in [-0.3, -0.25) is 4.79 Å². The predicted octanol–water partition coefficient (Wildman–Crippen LogP) is 4.90. The first kappa shape index (κ1) is 21.9. The quantitative estimate of drug-likeness (QED) is 0.457. The van der Waals surface area contributed by atoms with Gasteiger partial charge in [0, 0.05) is 6.54 Å². The van der Waals surface area contributed by atoms with Gasteiger partial charge in [0.1, 0.15) is 4.91 Å². The highest BCUT2D eigenvalue weighted by Crippen LogP contribution is 2.22. The van der Waals surface area contributed by atoms with Crippen molar-refractivity contribution in [1.29, 1.82) is 0 Å². The Morgan fingerprint density at radius 1 is 0.929 bits per heavy atom. The minimum absolute atomic E-state index is 0.123. The summed E-state index contributed by atoms with van der Waals surface area (Å²) in [7, 11) is -3.92. The third kappa shape index (κ3) is 6.34. The number of nitrogens with one attached hydrogen (secondary N) is 1. The molecule has 0 unspecified atom stereocenters. The fourth-order valence-electron chi connectivity index (χ4n) is 2.83. The summed E-state index contributed by atoms with van der Waals surface area (Å²) in [6, 6.07) is 15.6. The van der Waals surface area contributed by atoms with Crippen LogP contribution in [0.5, 0.6) is 0 Å². The highest BCUT2D eigenvalue weighted by atomic mass is 32.2. The molecule has 0 aliphatic rings. The van der Waals surface area contributed by atoms with E-state index < -0.39 is 15.7 Å². The lowest BCUT2D eigenvalue weighted by molar-refractivity contribution is -0.116. The average molecular weight is 400 g/mol. The van der Waals surface area contributed by atoms with E-state index in [-0.39, 0.29) is 9.80 Å². The van der Waals surface area contributed by atoms with E-state index in [0.29, 0.717) is 12.1 Å². The van der Waals surface area contributed by atoms with Crippen molar-refractivity contribution in [1.82, 2.24) is 5.32 Å². The molecule has 0 saturated carbocycles. The molecule has 1 amide bonds. The Hall–Kier alpha value is -2.40. The summed E-state index contributed by atoms with van der Waals surface area (Å²) in [4.78, 5) is 12.7. The molecule has 1 N–H and O–H groups in total. The van der Waals surface area contributed by atoms with Crippen molar-refractivity contribution >= 4 is 21.8 Å². The summed E-state index contributed by atoms with van der Waals surface area (Å²) in [5.74, 6) is -0.556. The first-order valence-corrected chi connectivity index (χ1v) is 11.3. The van der Waals surface area contributed by atoms with Gasteiger partial charge in [0.25, 0.3) is 5.91 Å². The highest BCUT2D eigenvalue weighted by molar-refractivity contribution is 7.96. The van der Waals surface area contributed by atoms with Crippen molar-refractivity contribution in [2.45, 2.75) is 50.8 Å². The molecule has 0 aliphatic heterocycles. The molecule has 2 aromatic rings. The summed E-state index contributed by atoms with van der Waals surface area (Å²) < 4.78 is 26.3. The van der Waals surface area contributed by atoms with Crippen molar-refractivity contribution in [2.75, 3.05) is 6.54 Å². The zero-order valence-corrected chi connectivity index (χ0v) is 17.5. The van der Waals surface area contributed by atoms with Crippen molar-refractivity contribution in [3.05, 3.63) is 70.6 Å². The van der Waals surface area contributed by atoms with Crippen LogP contribution < -0.4 is 5.32 Å². The van der Waals surface area contributed by atoms with E-state index in [1.165, 1.54) is 12.5 Å². The van der Waals surface area contributed by atoms with Crippen LogP contribution in [0.4, 0.5) is 0 Å². The normalized spacial score (nSPS) is 12.0. The Morgan fingerprint density at radius 2 is 1.57 bits per heavy atom. The molecule has 0 fully saturated rings. The number of amides is 1.